The van der Waals surface area contributed by atoms with E-state index in [9.17, 15) is 14.0 Å². The number of amides is 3. The van der Waals surface area contributed by atoms with Gasteiger partial charge in [-0.2, -0.15) is 0 Å². The number of benzene rings is 1. The second-order valence-corrected chi connectivity index (χ2v) is 6.80. The SMILES string of the molecule is CC(C)CCNC(=O)CN1CCN(Cc2ccc(F)cc2Cl)C1=O. The summed E-state index contributed by atoms with van der Waals surface area (Å²) in [5.41, 5.74) is 0.689. The minimum atomic E-state index is -0.406. The Hall–Kier alpha value is -1.82. The molecule has 1 N–H and O–H groups in total. The van der Waals surface area contributed by atoms with Gasteiger partial charge in [-0.1, -0.05) is 31.5 Å². The molecule has 7 heteroatoms. The van der Waals surface area contributed by atoms with Crippen molar-refractivity contribution in [1.82, 2.24) is 15.1 Å². The number of hydrogen-bond donors (Lipinski definition) is 1. The third kappa shape index (κ3) is 5.09. The maximum absolute atomic E-state index is 13.1. The molecule has 0 saturated carbocycles. The van der Waals surface area contributed by atoms with Crippen LogP contribution in [0.15, 0.2) is 18.2 Å². The van der Waals surface area contributed by atoms with Crippen LogP contribution in [0.1, 0.15) is 25.8 Å². The van der Waals surface area contributed by atoms with Gasteiger partial charge in [0.15, 0.2) is 0 Å². The van der Waals surface area contributed by atoms with Crippen LogP contribution in [0.2, 0.25) is 5.02 Å². The fraction of sp³-hybridized carbons (Fsp3) is 0.529. The summed E-state index contributed by atoms with van der Waals surface area (Å²) in [5.74, 6) is -0.0310. The number of carbonyl (C=O) groups excluding carboxylic acids is 2. The summed E-state index contributed by atoms with van der Waals surface area (Å²) < 4.78 is 13.1. The molecule has 0 aromatic heterocycles. The minimum Gasteiger partial charge on any atom is -0.355 e. The molecular weight excluding hydrogens is 333 g/mol. The number of nitrogens with zero attached hydrogens (tertiary/aromatic N) is 2. The third-order valence-corrected chi connectivity index (χ3v) is 4.29. The average molecular weight is 356 g/mol. The van der Waals surface area contributed by atoms with Gasteiger partial charge < -0.3 is 15.1 Å². The van der Waals surface area contributed by atoms with Gasteiger partial charge >= 0.3 is 6.03 Å². The summed E-state index contributed by atoms with van der Waals surface area (Å²) in [6.45, 7) is 6.19. The topological polar surface area (TPSA) is 52.7 Å². The highest BCUT2D eigenvalue weighted by Crippen LogP contribution is 2.21. The van der Waals surface area contributed by atoms with Crippen LogP contribution in [0.5, 0.6) is 0 Å². The van der Waals surface area contributed by atoms with E-state index in [0.717, 1.165) is 6.42 Å². The van der Waals surface area contributed by atoms with E-state index < -0.39 is 5.82 Å². The monoisotopic (exact) mass is 355 g/mol. The van der Waals surface area contributed by atoms with E-state index in [0.29, 0.717) is 42.7 Å². The highest BCUT2D eigenvalue weighted by atomic mass is 35.5. The Morgan fingerprint density at radius 3 is 2.71 bits per heavy atom. The lowest BCUT2D eigenvalue weighted by atomic mass is 10.1. The fourth-order valence-corrected chi connectivity index (χ4v) is 2.74. The largest absolute Gasteiger partial charge is 0.355 e. The molecule has 132 valence electrons. The van der Waals surface area contributed by atoms with Crippen LogP contribution >= 0.6 is 11.6 Å². The van der Waals surface area contributed by atoms with Crippen molar-refractivity contribution < 1.29 is 14.0 Å². The van der Waals surface area contributed by atoms with Gasteiger partial charge in [-0.25, -0.2) is 9.18 Å². The Bertz CT molecular complexity index is 609. The first kappa shape index (κ1) is 18.5. The summed E-state index contributed by atoms with van der Waals surface area (Å²) in [7, 11) is 0. The number of urea groups is 1. The standard InChI is InChI=1S/C17H23ClFN3O2/c1-12(2)5-6-20-16(23)11-22-8-7-21(17(22)24)10-13-3-4-14(19)9-15(13)18/h3-4,9,12H,5-8,10-11H2,1-2H3,(H,20,23). The van der Waals surface area contributed by atoms with Gasteiger partial charge in [-0.05, 0) is 30.0 Å². The maximum atomic E-state index is 13.1. The first-order chi connectivity index (χ1) is 11.4. The molecule has 0 spiro atoms. The van der Waals surface area contributed by atoms with Crippen molar-refractivity contribution in [3.05, 3.63) is 34.6 Å². The molecule has 1 aliphatic rings. The van der Waals surface area contributed by atoms with E-state index >= 15 is 0 Å². The first-order valence-corrected chi connectivity index (χ1v) is 8.49. The van der Waals surface area contributed by atoms with Gasteiger partial charge in [-0.3, -0.25) is 4.79 Å². The summed E-state index contributed by atoms with van der Waals surface area (Å²) in [4.78, 5) is 27.4. The zero-order valence-corrected chi connectivity index (χ0v) is 14.8. The number of rotatable bonds is 7. The van der Waals surface area contributed by atoms with E-state index in [-0.39, 0.29) is 18.5 Å². The maximum Gasteiger partial charge on any atom is 0.320 e. The molecule has 0 unspecified atom stereocenters. The van der Waals surface area contributed by atoms with Crippen LogP contribution in [0.4, 0.5) is 9.18 Å². The van der Waals surface area contributed by atoms with Crippen molar-refractivity contribution >= 4 is 23.5 Å². The fourth-order valence-electron chi connectivity index (χ4n) is 2.51. The molecule has 24 heavy (non-hydrogen) atoms. The van der Waals surface area contributed by atoms with E-state index in [1.807, 2.05) is 0 Å². The Kier molecular flexibility index (Phi) is 6.43. The zero-order valence-electron chi connectivity index (χ0n) is 14.0. The van der Waals surface area contributed by atoms with Crippen LogP contribution in [-0.2, 0) is 11.3 Å². The molecule has 1 aliphatic heterocycles. The van der Waals surface area contributed by atoms with Crippen LogP contribution in [0.25, 0.3) is 0 Å². The molecule has 1 fully saturated rings. The Morgan fingerprint density at radius 1 is 1.33 bits per heavy atom. The number of nitrogens with one attached hydrogen (secondary N) is 1. The van der Waals surface area contributed by atoms with Gasteiger partial charge in [0.2, 0.25) is 5.91 Å². The number of carbonyl (C=O) groups is 2. The number of halogens is 2. The summed E-state index contributed by atoms with van der Waals surface area (Å²) >= 11 is 6.00. The van der Waals surface area contributed by atoms with Crippen molar-refractivity contribution in [2.75, 3.05) is 26.2 Å². The van der Waals surface area contributed by atoms with Crippen LogP contribution in [-0.4, -0.2) is 47.9 Å². The second kappa shape index (κ2) is 8.33. The Morgan fingerprint density at radius 2 is 2.04 bits per heavy atom. The van der Waals surface area contributed by atoms with Crippen molar-refractivity contribution in [3.63, 3.8) is 0 Å². The molecule has 0 atom stereocenters. The van der Waals surface area contributed by atoms with Crippen molar-refractivity contribution in [2.24, 2.45) is 5.92 Å². The molecule has 0 bridgehead atoms. The summed E-state index contributed by atoms with van der Waals surface area (Å²) in [6.07, 6.45) is 0.912. The molecule has 3 amide bonds. The lowest BCUT2D eigenvalue weighted by Crippen LogP contribution is -2.40. The van der Waals surface area contributed by atoms with E-state index in [2.05, 4.69) is 19.2 Å². The van der Waals surface area contributed by atoms with Crippen LogP contribution in [0, 0.1) is 11.7 Å². The molecule has 1 heterocycles. The minimum absolute atomic E-state index is 0.0601. The van der Waals surface area contributed by atoms with Gasteiger partial charge in [0.1, 0.15) is 12.4 Å². The van der Waals surface area contributed by atoms with Crippen molar-refractivity contribution in [1.29, 1.82) is 0 Å². The normalized spacial score (nSPS) is 14.6. The van der Waals surface area contributed by atoms with Gasteiger partial charge in [-0.15, -0.1) is 0 Å². The highest BCUT2D eigenvalue weighted by molar-refractivity contribution is 6.31. The lowest BCUT2D eigenvalue weighted by Gasteiger charge is -2.19. The summed E-state index contributed by atoms with van der Waals surface area (Å²) in [6, 6.07) is 3.93. The first-order valence-electron chi connectivity index (χ1n) is 8.11. The van der Waals surface area contributed by atoms with E-state index in [1.54, 1.807) is 11.0 Å². The smallest absolute Gasteiger partial charge is 0.320 e. The van der Waals surface area contributed by atoms with Crippen LogP contribution < -0.4 is 5.32 Å². The second-order valence-electron chi connectivity index (χ2n) is 6.39. The molecular formula is C17H23ClFN3O2. The van der Waals surface area contributed by atoms with Crippen LogP contribution in [0.3, 0.4) is 0 Å². The van der Waals surface area contributed by atoms with Gasteiger partial charge in [0.05, 0.1) is 0 Å². The predicted molar refractivity (Wildman–Crippen MR) is 91.3 cm³/mol. The third-order valence-electron chi connectivity index (χ3n) is 3.94. The Labute approximate surface area is 146 Å². The molecule has 1 aromatic rings. The predicted octanol–water partition coefficient (Wildman–Crippen LogP) is 2.88. The molecule has 2 rings (SSSR count). The Balaban J connectivity index is 1.84. The summed E-state index contributed by atoms with van der Waals surface area (Å²) in [5, 5.41) is 3.13. The zero-order chi connectivity index (χ0) is 17.7. The molecule has 1 saturated heterocycles. The van der Waals surface area contributed by atoms with E-state index in [1.165, 1.54) is 17.0 Å². The van der Waals surface area contributed by atoms with Crippen molar-refractivity contribution in [2.45, 2.75) is 26.8 Å². The molecule has 1 aromatic carbocycles. The molecule has 0 aliphatic carbocycles. The molecule has 5 nitrogen and oxygen atoms in total. The highest BCUT2D eigenvalue weighted by Gasteiger charge is 2.30. The van der Waals surface area contributed by atoms with Crippen molar-refractivity contribution in [3.8, 4) is 0 Å². The van der Waals surface area contributed by atoms with E-state index in [4.69, 9.17) is 11.6 Å². The van der Waals surface area contributed by atoms with Gasteiger partial charge in [0.25, 0.3) is 0 Å². The average Bonchev–Trinajstić information content (AvgIpc) is 2.82. The lowest BCUT2D eigenvalue weighted by molar-refractivity contribution is -0.121. The quantitative estimate of drug-likeness (QED) is 0.817. The number of hydrogen-bond acceptors (Lipinski definition) is 2. The molecule has 0 radical (unpaired) electrons. The van der Waals surface area contributed by atoms with Gasteiger partial charge in [0, 0.05) is 31.2 Å².